The van der Waals surface area contributed by atoms with Crippen LogP contribution in [0.5, 0.6) is 0 Å². The number of nitrogens with one attached hydrogen (secondary N) is 1. The third-order valence-electron chi connectivity index (χ3n) is 3.78. The van der Waals surface area contributed by atoms with E-state index in [1.54, 1.807) is 7.11 Å². The van der Waals surface area contributed by atoms with Crippen molar-refractivity contribution in [1.82, 2.24) is 10.2 Å². The molecule has 0 spiro atoms. The predicted octanol–water partition coefficient (Wildman–Crippen LogP) is 2.37. The van der Waals surface area contributed by atoms with Crippen LogP contribution < -0.4 is 5.32 Å². The summed E-state index contributed by atoms with van der Waals surface area (Å²) >= 11 is 0. The van der Waals surface area contributed by atoms with E-state index in [9.17, 15) is 0 Å². The first-order valence-electron chi connectivity index (χ1n) is 7.64. The zero-order valence-corrected chi connectivity index (χ0v) is 12.6. The molecule has 3 heteroatoms. The smallest absolute Gasteiger partial charge is 0.0589 e. The van der Waals surface area contributed by atoms with E-state index < -0.39 is 0 Å². The molecule has 0 unspecified atom stereocenters. The molecule has 1 rings (SSSR count). The summed E-state index contributed by atoms with van der Waals surface area (Å²) in [5, 5.41) is 3.44. The average Bonchev–Trinajstić information content (AvgIpc) is 2.36. The molecule has 3 nitrogen and oxygen atoms in total. The summed E-state index contributed by atoms with van der Waals surface area (Å²) in [6.45, 7) is 11.4. The number of nitrogens with zero attached hydrogens (tertiary/aromatic N) is 1. The number of piperidine rings is 1. The first kappa shape index (κ1) is 15.9. The van der Waals surface area contributed by atoms with E-state index >= 15 is 0 Å². The van der Waals surface area contributed by atoms with Gasteiger partial charge in [-0.1, -0.05) is 13.8 Å². The van der Waals surface area contributed by atoms with Crippen molar-refractivity contribution in [2.24, 2.45) is 11.8 Å². The fraction of sp³-hybridized carbons (Fsp3) is 1.00. The van der Waals surface area contributed by atoms with Crippen LogP contribution in [0.25, 0.3) is 0 Å². The molecule has 0 radical (unpaired) electrons. The highest BCUT2D eigenvalue weighted by molar-refractivity contribution is 4.69. The molecule has 108 valence electrons. The lowest BCUT2D eigenvalue weighted by molar-refractivity contribution is 0.137. The van der Waals surface area contributed by atoms with Gasteiger partial charge in [-0.15, -0.1) is 0 Å². The second-order valence-corrected chi connectivity index (χ2v) is 6.02. The van der Waals surface area contributed by atoms with Crippen molar-refractivity contribution in [2.45, 2.75) is 39.5 Å². The first-order valence-corrected chi connectivity index (χ1v) is 7.64. The normalized spacial score (nSPS) is 17.8. The molecule has 0 aromatic carbocycles. The highest BCUT2D eigenvalue weighted by atomic mass is 16.5. The van der Waals surface area contributed by atoms with E-state index in [1.807, 2.05) is 0 Å². The topological polar surface area (TPSA) is 24.5 Å². The molecule has 1 aliphatic heterocycles. The molecule has 0 aromatic heterocycles. The van der Waals surface area contributed by atoms with Gasteiger partial charge in [0, 0.05) is 20.2 Å². The van der Waals surface area contributed by atoms with Gasteiger partial charge in [-0.3, -0.25) is 0 Å². The highest BCUT2D eigenvalue weighted by Gasteiger charge is 2.13. The summed E-state index contributed by atoms with van der Waals surface area (Å²) in [5.74, 6) is 1.72. The van der Waals surface area contributed by atoms with Gasteiger partial charge in [-0.25, -0.2) is 0 Å². The Balaban J connectivity index is 2.14. The van der Waals surface area contributed by atoms with E-state index in [2.05, 4.69) is 24.1 Å². The van der Waals surface area contributed by atoms with Crippen LogP contribution >= 0.6 is 0 Å². The van der Waals surface area contributed by atoms with Gasteiger partial charge in [0.1, 0.15) is 0 Å². The lowest BCUT2D eigenvalue weighted by Gasteiger charge is -2.26. The van der Waals surface area contributed by atoms with Gasteiger partial charge in [0.15, 0.2) is 0 Å². The van der Waals surface area contributed by atoms with Crippen molar-refractivity contribution in [1.29, 1.82) is 0 Å². The largest absolute Gasteiger partial charge is 0.383 e. The number of hydrogen-bond acceptors (Lipinski definition) is 3. The van der Waals surface area contributed by atoms with Crippen LogP contribution in [0.4, 0.5) is 0 Å². The van der Waals surface area contributed by atoms with Crippen LogP contribution in [0.15, 0.2) is 0 Å². The Hall–Kier alpha value is -0.120. The SMILES string of the molecule is COCCN(CCCC1CCNCC1)CC(C)C. The standard InChI is InChI=1S/C15H32N2O/c1-14(2)13-17(11-12-18-3)10-4-5-15-6-8-16-9-7-15/h14-16H,4-13H2,1-3H3. The lowest BCUT2D eigenvalue weighted by Crippen LogP contribution is -2.33. The number of rotatable bonds is 9. The van der Waals surface area contributed by atoms with Crippen LogP contribution in [0.2, 0.25) is 0 Å². The minimum Gasteiger partial charge on any atom is -0.383 e. The summed E-state index contributed by atoms with van der Waals surface area (Å²) in [6, 6.07) is 0. The fourth-order valence-electron chi connectivity index (χ4n) is 2.81. The van der Waals surface area contributed by atoms with E-state index in [0.29, 0.717) is 0 Å². The van der Waals surface area contributed by atoms with Crippen molar-refractivity contribution < 1.29 is 4.74 Å². The van der Waals surface area contributed by atoms with Gasteiger partial charge in [-0.05, 0) is 57.2 Å². The molecule has 0 bridgehead atoms. The zero-order chi connectivity index (χ0) is 13.2. The van der Waals surface area contributed by atoms with Gasteiger partial charge < -0.3 is 15.0 Å². The molecule has 1 heterocycles. The summed E-state index contributed by atoms with van der Waals surface area (Å²) in [7, 11) is 1.79. The summed E-state index contributed by atoms with van der Waals surface area (Å²) in [6.07, 6.45) is 5.51. The van der Waals surface area contributed by atoms with Gasteiger partial charge in [0.25, 0.3) is 0 Å². The molecule has 0 atom stereocenters. The van der Waals surface area contributed by atoms with Gasteiger partial charge in [0.2, 0.25) is 0 Å². The molecule has 1 N–H and O–H groups in total. The average molecular weight is 256 g/mol. The van der Waals surface area contributed by atoms with E-state index in [0.717, 1.165) is 25.0 Å². The van der Waals surface area contributed by atoms with Crippen molar-refractivity contribution in [2.75, 3.05) is 46.4 Å². The third-order valence-corrected chi connectivity index (χ3v) is 3.78. The molecule has 0 aromatic rings. The van der Waals surface area contributed by atoms with E-state index in [1.165, 1.54) is 51.9 Å². The third kappa shape index (κ3) is 7.34. The molecule has 0 saturated carbocycles. The van der Waals surface area contributed by atoms with Crippen LogP contribution in [0.1, 0.15) is 39.5 Å². The maximum atomic E-state index is 5.20. The monoisotopic (exact) mass is 256 g/mol. The Bertz CT molecular complexity index is 191. The Kier molecular flexibility index (Phi) is 8.64. The fourth-order valence-corrected chi connectivity index (χ4v) is 2.81. The zero-order valence-electron chi connectivity index (χ0n) is 12.6. The first-order chi connectivity index (χ1) is 8.72. The van der Waals surface area contributed by atoms with E-state index in [-0.39, 0.29) is 0 Å². The second kappa shape index (κ2) is 9.76. The van der Waals surface area contributed by atoms with Crippen LogP contribution in [0.3, 0.4) is 0 Å². The second-order valence-electron chi connectivity index (χ2n) is 6.02. The Morgan fingerprint density at radius 1 is 1.22 bits per heavy atom. The number of methoxy groups -OCH3 is 1. The molecule has 1 saturated heterocycles. The van der Waals surface area contributed by atoms with Crippen LogP contribution in [-0.2, 0) is 4.74 Å². The quantitative estimate of drug-likeness (QED) is 0.685. The number of ether oxygens (including phenoxy) is 1. The van der Waals surface area contributed by atoms with Gasteiger partial charge >= 0.3 is 0 Å². The van der Waals surface area contributed by atoms with E-state index in [4.69, 9.17) is 4.74 Å². The number of hydrogen-bond donors (Lipinski definition) is 1. The maximum Gasteiger partial charge on any atom is 0.0589 e. The van der Waals surface area contributed by atoms with Crippen LogP contribution in [0, 0.1) is 11.8 Å². The highest BCUT2D eigenvalue weighted by Crippen LogP contribution is 2.18. The Morgan fingerprint density at radius 2 is 1.94 bits per heavy atom. The maximum absolute atomic E-state index is 5.20. The molecule has 1 fully saturated rings. The molecular weight excluding hydrogens is 224 g/mol. The van der Waals surface area contributed by atoms with Gasteiger partial charge in [0.05, 0.1) is 6.61 Å². The van der Waals surface area contributed by atoms with Crippen molar-refractivity contribution >= 4 is 0 Å². The minimum atomic E-state index is 0.751. The summed E-state index contributed by atoms with van der Waals surface area (Å²) < 4.78 is 5.20. The molecule has 1 aliphatic rings. The van der Waals surface area contributed by atoms with Gasteiger partial charge in [-0.2, -0.15) is 0 Å². The summed E-state index contributed by atoms with van der Waals surface area (Å²) in [5.41, 5.74) is 0. The summed E-state index contributed by atoms with van der Waals surface area (Å²) in [4.78, 5) is 2.56. The van der Waals surface area contributed by atoms with Crippen molar-refractivity contribution in [3.8, 4) is 0 Å². The van der Waals surface area contributed by atoms with Crippen LogP contribution in [-0.4, -0.2) is 51.3 Å². The Morgan fingerprint density at radius 3 is 2.56 bits per heavy atom. The molecule has 0 aliphatic carbocycles. The van der Waals surface area contributed by atoms with Crippen molar-refractivity contribution in [3.05, 3.63) is 0 Å². The molecule has 18 heavy (non-hydrogen) atoms. The lowest BCUT2D eigenvalue weighted by atomic mass is 9.93. The predicted molar refractivity (Wildman–Crippen MR) is 78.0 cm³/mol. The molecular formula is C15H32N2O. The molecule has 0 amide bonds. The van der Waals surface area contributed by atoms with Crippen molar-refractivity contribution in [3.63, 3.8) is 0 Å². The Labute approximate surface area is 113 Å². The minimum absolute atomic E-state index is 0.751.